The zero-order valence-electron chi connectivity index (χ0n) is 10.4. The van der Waals surface area contributed by atoms with Gasteiger partial charge in [-0.3, -0.25) is 0 Å². The van der Waals surface area contributed by atoms with E-state index in [1.54, 1.807) is 12.3 Å². The van der Waals surface area contributed by atoms with E-state index in [0.29, 0.717) is 18.4 Å². The second-order valence-corrected chi connectivity index (χ2v) is 4.39. The van der Waals surface area contributed by atoms with Gasteiger partial charge in [0, 0.05) is 31.9 Å². The molecule has 0 aliphatic carbocycles. The third kappa shape index (κ3) is 3.66. The molecule has 0 spiro atoms. The number of aromatic nitrogens is 2. The molecule has 1 unspecified atom stereocenters. The van der Waals surface area contributed by atoms with Crippen molar-refractivity contribution in [3.05, 3.63) is 12.3 Å². The maximum atomic E-state index is 5.98. The summed E-state index contributed by atoms with van der Waals surface area (Å²) in [4.78, 5) is 10.2. The van der Waals surface area contributed by atoms with Crippen LogP contribution in [0.25, 0.3) is 0 Å². The van der Waals surface area contributed by atoms with E-state index in [9.17, 15) is 0 Å². The first kappa shape index (κ1) is 12.7. The quantitative estimate of drug-likeness (QED) is 0.810. The SMILES string of the molecule is CCC(C)(N)COc1ccnc(N(C)C)n1. The van der Waals surface area contributed by atoms with Crippen molar-refractivity contribution in [2.75, 3.05) is 25.6 Å². The average molecular weight is 224 g/mol. The third-order valence-corrected chi connectivity index (χ3v) is 2.37. The highest BCUT2D eigenvalue weighted by Crippen LogP contribution is 2.13. The summed E-state index contributed by atoms with van der Waals surface area (Å²) in [6.07, 6.45) is 2.54. The highest BCUT2D eigenvalue weighted by molar-refractivity contribution is 5.29. The van der Waals surface area contributed by atoms with Gasteiger partial charge in [-0.1, -0.05) is 6.92 Å². The first-order valence-corrected chi connectivity index (χ1v) is 5.36. The number of rotatable bonds is 5. The Balaban J connectivity index is 2.64. The molecular weight excluding hydrogens is 204 g/mol. The lowest BCUT2D eigenvalue weighted by Crippen LogP contribution is -2.41. The van der Waals surface area contributed by atoms with E-state index in [0.717, 1.165) is 6.42 Å². The summed E-state index contributed by atoms with van der Waals surface area (Å²) >= 11 is 0. The molecule has 0 radical (unpaired) electrons. The molecule has 0 aliphatic heterocycles. The number of hydrogen-bond acceptors (Lipinski definition) is 5. The average Bonchev–Trinajstić information content (AvgIpc) is 2.27. The molecule has 90 valence electrons. The van der Waals surface area contributed by atoms with Gasteiger partial charge in [0.15, 0.2) is 0 Å². The summed E-state index contributed by atoms with van der Waals surface area (Å²) in [5.74, 6) is 1.19. The molecule has 16 heavy (non-hydrogen) atoms. The van der Waals surface area contributed by atoms with E-state index in [1.807, 2.05) is 32.8 Å². The van der Waals surface area contributed by atoms with Crippen LogP contribution in [-0.2, 0) is 0 Å². The first-order valence-electron chi connectivity index (χ1n) is 5.36. The molecule has 1 rings (SSSR count). The molecule has 0 aliphatic rings. The molecule has 5 heteroatoms. The number of hydrogen-bond donors (Lipinski definition) is 1. The summed E-state index contributed by atoms with van der Waals surface area (Å²) in [6.45, 7) is 4.45. The Bertz CT molecular complexity index is 339. The Hall–Kier alpha value is -1.36. The van der Waals surface area contributed by atoms with Gasteiger partial charge in [-0.15, -0.1) is 0 Å². The Morgan fingerprint density at radius 1 is 1.50 bits per heavy atom. The third-order valence-electron chi connectivity index (χ3n) is 2.37. The van der Waals surface area contributed by atoms with Crippen molar-refractivity contribution in [3.8, 4) is 5.88 Å². The molecule has 0 fully saturated rings. The summed E-state index contributed by atoms with van der Waals surface area (Å²) < 4.78 is 5.55. The topological polar surface area (TPSA) is 64.3 Å². The van der Waals surface area contributed by atoms with Gasteiger partial charge < -0.3 is 15.4 Å². The number of ether oxygens (including phenoxy) is 1. The van der Waals surface area contributed by atoms with Gasteiger partial charge in [0.05, 0.1) is 0 Å². The Kier molecular flexibility index (Phi) is 4.06. The van der Waals surface area contributed by atoms with Gasteiger partial charge in [0.2, 0.25) is 11.8 Å². The zero-order valence-corrected chi connectivity index (χ0v) is 10.4. The van der Waals surface area contributed by atoms with E-state index in [4.69, 9.17) is 10.5 Å². The van der Waals surface area contributed by atoms with Crippen LogP contribution < -0.4 is 15.4 Å². The van der Waals surface area contributed by atoms with Crippen LogP contribution in [0.4, 0.5) is 5.95 Å². The van der Waals surface area contributed by atoms with Crippen molar-refractivity contribution < 1.29 is 4.74 Å². The molecule has 0 bridgehead atoms. The predicted octanol–water partition coefficient (Wildman–Crippen LogP) is 1.05. The zero-order chi connectivity index (χ0) is 12.2. The molecular formula is C11H20N4O. The highest BCUT2D eigenvalue weighted by Gasteiger charge is 2.16. The largest absolute Gasteiger partial charge is 0.476 e. The van der Waals surface area contributed by atoms with E-state index in [2.05, 4.69) is 9.97 Å². The molecule has 0 saturated heterocycles. The summed E-state index contributed by atoms with van der Waals surface area (Å²) in [5.41, 5.74) is 5.67. The molecule has 1 heterocycles. The number of anilines is 1. The van der Waals surface area contributed by atoms with Crippen LogP contribution in [0.2, 0.25) is 0 Å². The number of nitrogens with two attached hydrogens (primary N) is 1. The minimum Gasteiger partial charge on any atom is -0.476 e. The maximum absolute atomic E-state index is 5.98. The first-order chi connectivity index (χ1) is 7.44. The minimum atomic E-state index is -0.316. The predicted molar refractivity (Wildman–Crippen MR) is 64.7 cm³/mol. The molecule has 1 atom stereocenters. The van der Waals surface area contributed by atoms with Crippen molar-refractivity contribution in [1.82, 2.24) is 9.97 Å². The van der Waals surface area contributed by atoms with Crippen LogP contribution in [-0.4, -0.2) is 36.2 Å². The van der Waals surface area contributed by atoms with Crippen LogP contribution >= 0.6 is 0 Å². The van der Waals surface area contributed by atoms with E-state index in [-0.39, 0.29) is 5.54 Å². The lowest BCUT2D eigenvalue weighted by molar-refractivity contribution is 0.218. The number of nitrogens with zero attached hydrogens (tertiary/aromatic N) is 3. The second-order valence-electron chi connectivity index (χ2n) is 4.39. The molecule has 1 aromatic rings. The lowest BCUT2D eigenvalue weighted by atomic mass is 10.0. The molecule has 2 N–H and O–H groups in total. The van der Waals surface area contributed by atoms with Crippen LogP contribution in [0, 0.1) is 0 Å². The second kappa shape index (κ2) is 5.12. The maximum Gasteiger partial charge on any atom is 0.228 e. The molecule has 1 aromatic heterocycles. The minimum absolute atomic E-state index is 0.316. The summed E-state index contributed by atoms with van der Waals surface area (Å²) in [5, 5.41) is 0. The van der Waals surface area contributed by atoms with Crippen molar-refractivity contribution in [1.29, 1.82) is 0 Å². The molecule has 0 saturated carbocycles. The monoisotopic (exact) mass is 224 g/mol. The van der Waals surface area contributed by atoms with Gasteiger partial charge in [0.25, 0.3) is 0 Å². The fraction of sp³-hybridized carbons (Fsp3) is 0.636. The van der Waals surface area contributed by atoms with Crippen molar-refractivity contribution in [3.63, 3.8) is 0 Å². The summed E-state index contributed by atoms with van der Waals surface area (Å²) in [7, 11) is 3.77. The Morgan fingerprint density at radius 2 is 2.19 bits per heavy atom. The molecule has 0 aromatic carbocycles. The normalized spacial score (nSPS) is 14.3. The van der Waals surface area contributed by atoms with Crippen LogP contribution in [0.5, 0.6) is 5.88 Å². The van der Waals surface area contributed by atoms with Gasteiger partial charge in [-0.05, 0) is 13.3 Å². The fourth-order valence-corrected chi connectivity index (χ4v) is 0.969. The van der Waals surface area contributed by atoms with Crippen molar-refractivity contribution in [2.45, 2.75) is 25.8 Å². The fourth-order valence-electron chi connectivity index (χ4n) is 0.969. The van der Waals surface area contributed by atoms with E-state index < -0.39 is 0 Å². The van der Waals surface area contributed by atoms with Gasteiger partial charge in [-0.2, -0.15) is 4.98 Å². The molecule has 0 amide bonds. The van der Waals surface area contributed by atoms with Gasteiger partial charge in [-0.25, -0.2) is 4.98 Å². The van der Waals surface area contributed by atoms with Crippen LogP contribution in [0.3, 0.4) is 0 Å². The van der Waals surface area contributed by atoms with Gasteiger partial charge >= 0.3 is 0 Å². The summed E-state index contributed by atoms with van der Waals surface area (Å²) in [6, 6.07) is 1.73. The van der Waals surface area contributed by atoms with Crippen LogP contribution in [0.1, 0.15) is 20.3 Å². The highest BCUT2D eigenvalue weighted by atomic mass is 16.5. The smallest absolute Gasteiger partial charge is 0.228 e. The van der Waals surface area contributed by atoms with E-state index >= 15 is 0 Å². The molecule has 5 nitrogen and oxygen atoms in total. The van der Waals surface area contributed by atoms with E-state index in [1.165, 1.54) is 0 Å². The van der Waals surface area contributed by atoms with Crippen molar-refractivity contribution in [2.24, 2.45) is 5.73 Å². The van der Waals surface area contributed by atoms with Crippen LogP contribution in [0.15, 0.2) is 12.3 Å². The standard InChI is InChI=1S/C11H20N4O/c1-5-11(2,12)8-16-9-6-7-13-10(14-9)15(3)4/h6-7H,5,8,12H2,1-4H3. The lowest BCUT2D eigenvalue weighted by Gasteiger charge is -2.22. The van der Waals surface area contributed by atoms with Gasteiger partial charge in [0.1, 0.15) is 6.61 Å². The Morgan fingerprint density at radius 3 is 2.75 bits per heavy atom. The Labute approximate surface area is 96.6 Å². The van der Waals surface area contributed by atoms with Crippen molar-refractivity contribution >= 4 is 5.95 Å².